The molecule has 1 aliphatic heterocycles. The third-order valence-corrected chi connectivity index (χ3v) is 4.73. The Morgan fingerprint density at radius 3 is 2.08 bits per heavy atom. The smallest absolute Gasteiger partial charge is 0.487 e. The molecule has 1 saturated carbocycles. The first-order valence-corrected chi connectivity index (χ1v) is 8.82. The molecule has 1 aliphatic carbocycles. The van der Waals surface area contributed by atoms with Gasteiger partial charge in [0, 0.05) is 0 Å². The molecule has 0 atom stereocenters. The summed E-state index contributed by atoms with van der Waals surface area (Å²) < 4.78 is 24.4. The molecule has 0 unspecified atom stereocenters. The summed E-state index contributed by atoms with van der Waals surface area (Å²) in [5.41, 5.74) is -0.0513. The molecule has 0 amide bonds. The fourth-order valence-corrected chi connectivity index (χ4v) is 2.52. The number of hydrogen-bond acceptors (Lipinski definition) is 4. The molecule has 2 aliphatic rings. The van der Waals surface area contributed by atoms with Crippen LogP contribution in [0, 0.1) is 0 Å². The van der Waals surface area contributed by atoms with Crippen molar-refractivity contribution < 1.29 is 18.8 Å². The molecule has 1 saturated heterocycles. The maximum absolute atomic E-state index is 6.15. The van der Waals surface area contributed by atoms with Crippen molar-refractivity contribution in [2.75, 3.05) is 0 Å². The molecule has 4 nitrogen and oxygen atoms in total. The molecule has 1 aromatic rings. The SMILES string of the molecule is CC(C)(C)Oc1cc(B2OC(C)(C)C(C)(C)O2)ccc1OC1CC1. The third-order valence-electron chi connectivity index (χ3n) is 4.73. The van der Waals surface area contributed by atoms with E-state index in [-0.39, 0.29) is 16.8 Å². The Labute approximate surface area is 146 Å². The fraction of sp³-hybridized carbons (Fsp3) is 0.684. The summed E-state index contributed by atoms with van der Waals surface area (Å²) in [6, 6.07) is 5.97. The first kappa shape index (κ1) is 17.6. The lowest BCUT2D eigenvalue weighted by atomic mass is 9.79. The predicted octanol–water partition coefficient (Wildman–Crippen LogP) is 3.70. The van der Waals surface area contributed by atoms with Crippen LogP contribution in [-0.4, -0.2) is 30.0 Å². The lowest BCUT2D eigenvalue weighted by molar-refractivity contribution is 0.00578. The van der Waals surface area contributed by atoms with Crippen molar-refractivity contribution in [2.45, 2.75) is 84.2 Å². The summed E-state index contributed by atoms with van der Waals surface area (Å²) in [6.45, 7) is 14.3. The minimum atomic E-state index is -0.396. The van der Waals surface area contributed by atoms with Gasteiger partial charge in [0.2, 0.25) is 0 Å². The average molecular weight is 332 g/mol. The van der Waals surface area contributed by atoms with E-state index in [1.807, 2.05) is 39.0 Å². The Morgan fingerprint density at radius 2 is 1.58 bits per heavy atom. The van der Waals surface area contributed by atoms with Gasteiger partial charge < -0.3 is 18.8 Å². The summed E-state index contributed by atoms with van der Waals surface area (Å²) in [5.74, 6) is 1.55. The van der Waals surface area contributed by atoms with Crippen LogP contribution in [0.4, 0.5) is 0 Å². The maximum Gasteiger partial charge on any atom is 0.494 e. The van der Waals surface area contributed by atoms with E-state index in [1.165, 1.54) is 0 Å². The molecular weight excluding hydrogens is 303 g/mol. The summed E-state index contributed by atoms with van der Waals surface area (Å²) in [4.78, 5) is 0. The second-order valence-corrected chi connectivity index (χ2v) is 8.83. The van der Waals surface area contributed by atoms with Gasteiger partial charge in [0.05, 0.1) is 17.3 Å². The van der Waals surface area contributed by atoms with Gasteiger partial charge in [-0.3, -0.25) is 0 Å². The van der Waals surface area contributed by atoms with Crippen molar-refractivity contribution in [1.29, 1.82) is 0 Å². The zero-order valence-corrected chi connectivity index (χ0v) is 15.9. The average Bonchev–Trinajstić information content (AvgIpc) is 3.17. The molecule has 24 heavy (non-hydrogen) atoms. The summed E-state index contributed by atoms with van der Waals surface area (Å²) >= 11 is 0. The van der Waals surface area contributed by atoms with Crippen LogP contribution >= 0.6 is 0 Å². The molecular formula is C19H29BO4. The van der Waals surface area contributed by atoms with Gasteiger partial charge in [0.25, 0.3) is 0 Å². The van der Waals surface area contributed by atoms with Crippen LogP contribution in [0.2, 0.25) is 0 Å². The van der Waals surface area contributed by atoms with E-state index >= 15 is 0 Å². The second-order valence-electron chi connectivity index (χ2n) is 8.83. The highest BCUT2D eigenvalue weighted by Gasteiger charge is 2.51. The van der Waals surface area contributed by atoms with Gasteiger partial charge >= 0.3 is 7.12 Å². The van der Waals surface area contributed by atoms with E-state index < -0.39 is 7.12 Å². The second kappa shape index (κ2) is 5.67. The van der Waals surface area contributed by atoms with Crippen molar-refractivity contribution in [3.8, 4) is 11.5 Å². The number of benzene rings is 1. The first-order valence-electron chi connectivity index (χ1n) is 8.82. The van der Waals surface area contributed by atoms with Crippen molar-refractivity contribution in [3.63, 3.8) is 0 Å². The van der Waals surface area contributed by atoms with Crippen molar-refractivity contribution in [2.24, 2.45) is 0 Å². The molecule has 0 bridgehead atoms. The molecule has 0 spiro atoms. The minimum absolute atomic E-state index is 0.295. The Bertz CT molecular complexity index is 598. The van der Waals surface area contributed by atoms with Crippen LogP contribution in [0.3, 0.4) is 0 Å². The van der Waals surface area contributed by atoms with E-state index in [0.29, 0.717) is 6.10 Å². The van der Waals surface area contributed by atoms with Crippen LogP contribution < -0.4 is 14.9 Å². The molecule has 0 aromatic heterocycles. The summed E-state index contributed by atoms with van der Waals surface area (Å²) in [7, 11) is -0.396. The number of rotatable bonds is 4. The Kier molecular flexibility index (Phi) is 4.16. The van der Waals surface area contributed by atoms with Crippen LogP contribution in [0.1, 0.15) is 61.3 Å². The molecule has 1 heterocycles. The first-order chi connectivity index (χ1) is 11.0. The van der Waals surface area contributed by atoms with Crippen LogP contribution in [-0.2, 0) is 9.31 Å². The van der Waals surface area contributed by atoms with Gasteiger partial charge in [-0.2, -0.15) is 0 Å². The Morgan fingerprint density at radius 1 is 1.00 bits per heavy atom. The van der Waals surface area contributed by atoms with Gasteiger partial charge in [-0.25, -0.2) is 0 Å². The lowest BCUT2D eigenvalue weighted by Crippen LogP contribution is -2.41. The number of hydrogen-bond donors (Lipinski definition) is 0. The topological polar surface area (TPSA) is 36.9 Å². The highest BCUT2D eigenvalue weighted by molar-refractivity contribution is 6.62. The maximum atomic E-state index is 6.15. The Balaban J connectivity index is 1.88. The summed E-state index contributed by atoms with van der Waals surface area (Å²) in [5, 5.41) is 0. The van der Waals surface area contributed by atoms with Crippen LogP contribution in [0.15, 0.2) is 18.2 Å². The van der Waals surface area contributed by atoms with Crippen molar-refractivity contribution >= 4 is 12.6 Å². The Hall–Kier alpha value is -1.20. The van der Waals surface area contributed by atoms with E-state index in [9.17, 15) is 0 Å². The molecule has 0 radical (unpaired) electrons. The standard InChI is InChI=1S/C19H29BO4/c1-17(2,3)22-16-12-13(8-11-15(16)21-14-9-10-14)20-23-18(4,5)19(6,7)24-20/h8,11-12,14H,9-10H2,1-7H3. The van der Waals surface area contributed by atoms with E-state index in [1.54, 1.807) is 0 Å². The molecule has 0 N–H and O–H groups in total. The van der Waals surface area contributed by atoms with Crippen molar-refractivity contribution in [1.82, 2.24) is 0 Å². The summed E-state index contributed by atoms with van der Waals surface area (Å²) in [6.07, 6.45) is 2.57. The zero-order chi connectivity index (χ0) is 17.8. The predicted molar refractivity (Wildman–Crippen MR) is 96.2 cm³/mol. The van der Waals surface area contributed by atoms with E-state index in [0.717, 1.165) is 29.8 Å². The minimum Gasteiger partial charge on any atom is -0.487 e. The highest BCUT2D eigenvalue weighted by atomic mass is 16.7. The molecule has 1 aromatic carbocycles. The molecule has 2 fully saturated rings. The van der Waals surface area contributed by atoms with Gasteiger partial charge in [-0.1, -0.05) is 6.07 Å². The van der Waals surface area contributed by atoms with Gasteiger partial charge in [0.15, 0.2) is 11.5 Å². The molecule has 132 valence electrons. The number of ether oxygens (including phenoxy) is 2. The van der Waals surface area contributed by atoms with Gasteiger partial charge in [-0.05, 0) is 78.9 Å². The highest BCUT2D eigenvalue weighted by Crippen LogP contribution is 2.38. The molecule has 3 rings (SSSR count). The van der Waals surface area contributed by atoms with E-state index in [4.69, 9.17) is 18.8 Å². The zero-order valence-electron chi connectivity index (χ0n) is 15.9. The lowest BCUT2D eigenvalue weighted by Gasteiger charge is -2.32. The van der Waals surface area contributed by atoms with Crippen LogP contribution in [0.5, 0.6) is 11.5 Å². The largest absolute Gasteiger partial charge is 0.494 e. The third kappa shape index (κ3) is 3.73. The van der Waals surface area contributed by atoms with Gasteiger partial charge in [0.1, 0.15) is 5.60 Å². The molecule has 5 heteroatoms. The monoisotopic (exact) mass is 332 g/mol. The van der Waals surface area contributed by atoms with E-state index in [2.05, 4.69) is 27.7 Å². The quantitative estimate of drug-likeness (QED) is 0.788. The van der Waals surface area contributed by atoms with Crippen molar-refractivity contribution in [3.05, 3.63) is 18.2 Å². The normalized spacial score (nSPS) is 22.5. The fourth-order valence-electron chi connectivity index (χ4n) is 2.52. The van der Waals surface area contributed by atoms with Gasteiger partial charge in [-0.15, -0.1) is 0 Å². The van der Waals surface area contributed by atoms with Crippen LogP contribution in [0.25, 0.3) is 0 Å².